The van der Waals surface area contributed by atoms with Gasteiger partial charge in [0.2, 0.25) is 0 Å². The maximum Gasteiger partial charge on any atom is 0.254 e. The van der Waals surface area contributed by atoms with Crippen LogP contribution in [0.15, 0.2) is 42.6 Å². The number of carbonyl (C=O) groups is 1. The minimum absolute atomic E-state index is 0.0401. The summed E-state index contributed by atoms with van der Waals surface area (Å²) in [7, 11) is 0. The molecule has 0 spiro atoms. The number of para-hydroxylation sites is 1. The highest BCUT2D eigenvalue weighted by Crippen LogP contribution is 2.24. The van der Waals surface area contributed by atoms with Gasteiger partial charge in [-0.3, -0.25) is 4.79 Å². The van der Waals surface area contributed by atoms with Crippen LogP contribution in [0.5, 0.6) is 0 Å². The largest absolute Gasteiger partial charge is 0.339 e. The predicted octanol–water partition coefficient (Wildman–Crippen LogP) is 4.74. The lowest BCUT2D eigenvalue weighted by atomic mass is 10.2. The lowest BCUT2D eigenvalue weighted by Crippen LogP contribution is -2.32. The van der Waals surface area contributed by atoms with Crippen LogP contribution in [0.1, 0.15) is 37.0 Å². The zero-order chi connectivity index (χ0) is 16.7. The van der Waals surface area contributed by atoms with Crippen molar-refractivity contribution in [2.75, 3.05) is 18.4 Å². The second-order valence-corrected chi connectivity index (χ2v) is 5.73. The number of hydrogen-bond acceptors (Lipinski definition) is 3. The van der Waals surface area contributed by atoms with Gasteiger partial charge in [-0.25, -0.2) is 4.98 Å². The van der Waals surface area contributed by atoms with Crippen molar-refractivity contribution in [1.82, 2.24) is 9.88 Å². The van der Waals surface area contributed by atoms with Crippen LogP contribution in [0, 0.1) is 0 Å². The van der Waals surface area contributed by atoms with Crippen LogP contribution in [0.3, 0.4) is 0 Å². The molecule has 2 aromatic rings. The van der Waals surface area contributed by atoms with E-state index in [-0.39, 0.29) is 5.91 Å². The number of pyridine rings is 1. The van der Waals surface area contributed by atoms with Gasteiger partial charge in [-0.05, 0) is 37.1 Å². The van der Waals surface area contributed by atoms with Gasteiger partial charge in [-0.1, -0.05) is 37.6 Å². The summed E-state index contributed by atoms with van der Waals surface area (Å²) in [6.07, 6.45) is 3.53. The standard InChI is InChI=1S/C18H22ClN3O/c1-3-11-22(12-4-2)18(23)14-9-10-20-17(13-14)21-16-8-6-5-7-15(16)19/h5-10,13H,3-4,11-12H2,1-2H3,(H,20,21). The van der Waals surface area contributed by atoms with Gasteiger partial charge in [-0.15, -0.1) is 0 Å². The molecule has 1 heterocycles. The minimum Gasteiger partial charge on any atom is -0.339 e. The highest BCUT2D eigenvalue weighted by molar-refractivity contribution is 6.33. The van der Waals surface area contributed by atoms with E-state index in [0.717, 1.165) is 31.6 Å². The Labute approximate surface area is 142 Å². The number of carbonyl (C=O) groups excluding carboxylic acids is 1. The first-order valence-corrected chi connectivity index (χ1v) is 8.30. The van der Waals surface area contributed by atoms with E-state index in [1.165, 1.54) is 0 Å². The summed E-state index contributed by atoms with van der Waals surface area (Å²) in [6.45, 7) is 5.68. The maximum absolute atomic E-state index is 12.6. The quantitative estimate of drug-likeness (QED) is 0.797. The molecular formula is C18H22ClN3O. The molecule has 23 heavy (non-hydrogen) atoms. The highest BCUT2D eigenvalue weighted by Gasteiger charge is 2.15. The van der Waals surface area contributed by atoms with Gasteiger partial charge in [-0.2, -0.15) is 0 Å². The molecule has 1 aromatic heterocycles. The average molecular weight is 332 g/mol. The number of anilines is 2. The smallest absolute Gasteiger partial charge is 0.254 e. The van der Waals surface area contributed by atoms with E-state index in [4.69, 9.17) is 11.6 Å². The third-order valence-electron chi connectivity index (χ3n) is 3.42. The number of benzene rings is 1. The van der Waals surface area contributed by atoms with E-state index < -0.39 is 0 Å². The van der Waals surface area contributed by atoms with Crippen LogP contribution < -0.4 is 5.32 Å². The summed E-state index contributed by atoms with van der Waals surface area (Å²) in [5, 5.41) is 3.77. The maximum atomic E-state index is 12.6. The van der Waals surface area contributed by atoms with E-state index in [1.807, 2.05) is 29.2 Å². The lowest BCUT2D eigenvalue weighted by Gasteiger charge is -2.21. The molecule has 5 heteroatoms. The molecule has 4 nitrogen and oxygen atoms in total. The Kier molecular flexibility index (Phi) is 6.41. The van der Waals surface area contributed by atoms with Gasteiger partial charge in [0.05, 0.1) is 10.7 Å². The number of hydrogen-bond donors (Lipinski definition) is 1. The molecule has 0 saturated carbocycles. The molecule has 1 amide bonds. The zero-order valence-corrected chi connectivity index (χ0v) is 14.3. The van der Waals surface area contributed by atoms with Crippen molar-refractivity contribution < 1.29 is 4.79 Å². The fourth-order valence-electron chi connectivity index (χ4n) is 2.37. The van der Waals surface area contributed by atoms with Crippen LogP contribution >= 0.6 is 11.6 Å². The Hall–Kier alpha value is -2.07. The lowest BCUT2D eigenvalue weighted by molar-refractivity contribution is 0.0755. The summed E-state index contributed by atoms with van der Waals surface area (Å²) >= 11 is 6.14. The molecule has 0 aliphatic heterocycles. The van der Waals surface area contributed by atoms with Crippen molar-refractivity contribution in [3.8, 4) is 0 Å². The van der Waals surface area contributed by atoms with Gasteiger partial charge in [0.25, 0.3) is 5.91 Å². The first kappa shape index (κ1) is 17.3. The third kappa shape index (κ3) is 4.70. The van der Waals surface area contributed by atoms with Gasteiger partial charge < -0.3 is 10.2 Å². The minimum atomic E-state index is 0.0401. The Balaban J connectivity index is 2.18. The zero-order valence-electron chi connectivity index (χ0n) is 13.6. The van der Waals surface area contributed by atoms with E-state index in [0.29, 0.717) is 16.4 Å². The Morgan fingerprint density at radius 1 is 1.17 bits per heavy atom. The van der Waals surface area contributed by atoms with Crippen LogP contribution in [0.2, 0.25) is 5.02 Å². The van der Waals surface area contributed by atoms with Crippen molar-refractivity contribution in [1.29, 1.82) is 0 Å². The fraction of sp³-hybridized carbons (Fsp3) is 0.333. The van der Waals surface area contributed by atoms with Crippen molar-refractivity contribution in [2.24, 2.45) is 0 Å². The molecule has 0 radical (unpaired) electrons. The molecule has 0 unspecified atom stereocenters. The molecule has 0 fully saturated rings. The summed E-state index contributed by atoms with van der Waals surface area (Å²) < 4.78 is 0. The Morgan fingerprint density at radius 3 is 2.52 bits per heavy atom. The topological polar surface area (TPSA) is 45.2 Å². The summed E-state index contributed by atoms with van der Waals surface area (Å²) in [5.74, 6) is 0.648. The molecule has 0 saturated heterocycles. The molecule has 0 bridgehead atoms. The molecule has 0 aliphatic carbocycles. The van der Waals surface area contributed by atoms with Crippen LogP contribution in [0.25, 0.3) is 0 Å². The second kappa shape index (κ2) is 8.53. The summed E-state index contributed by atoms with van der Waals surface area (Å²) in [5.41, 5.74) is 1.40. The number of halogens is 1. The van der Waals surface area contributed by atoms with E-state index in [1.54, 1.807) is 18.3 Å². The van der Waals surface area contributed by atoms with Gasteiger partial charge in [0.1, 0.15) is 5.82 Å². The predicted molar refractivity (Wildman–Crippen MR) is 95.5 cm³/mol. The van der Waals surface area contributed by atoms with Gasteiger partial charge in [0.15, 0.2) is 0 Å². The van der Waals surface area contributed by atoms with Crippen molar-refractivity contribution >= 4 is 29.0 Å². The Morgan fingerprint density at radius 2 is 1.87 bits per heavy atom. The number of rotatable bonds is 7. The first-order chi connectivity index (χ1) is 11.2. The van der Waals surface area contributed by atoms with Gasteiger partial charge >= 0.3 is 0 Å². The van der Waals surface area contributed by atoms with Gasteiger partial charge in [0, 0.05) is 24.8 Å². The van der Waals surface area contributed by atoms with E-state index >= 15 is 0 Å². The van der Waals surface area contributed by atoms with Crippen LogP contribution in [-0.2, 0) is 0 Å². The molecule has 1 N–H and O–H groups in total. The van der Waals surface area contributed by atoms with E-state index in [9.17, 15) is 4.79 Å². The molecular weight excluding hydrogens is 310 g/mol. The molecule has 0 atom stereocenters. The first-order valence-electron chi connectivity index (χ1n) is 7.92. The summed E-state index contributed by atoms with van der Waals surface area (Å²) in [6, 6.07) is 11.0. The Bertz CT molecular complexity index is 654. The number of aromatic nitrogens is 1. The molecule has 0 aliphatic rings. The number of amides is 1. The van der Waals surface area contributed by atoms with E-state index in [2.05, 4.69) is 24.1 Å². The normalized spacial score (nSPS) is 10.4. The highest BCUT2D eigenvalue weighted by atomic mass is 35.5. The van der Waals surface area contributed by atoms with Crippen LogP contribution in [-0.4, -0.2) is 28.9 Å². The molecule has 1 aromatic carbocycles. The average Bonchev–Trinajstić information content (AvgIpc) is 2.56. The van der Waals surface area contributed by atoms with Crippen LogP contribution in [0.4, 0.5) is 11.5 Å². The third-order valence-corrected chi connectivity index (χ3v) is 3.75. The fourth-order valence-corrected chi connectivity index (χ4v) is 2.55. The van der Waals surface area contributed by atoms with Crippen molar-refractivity contribution in [3.63, 3.8) is 0 Å². The number of nitrogens with one attached hydrogen (secondary N) is 1. The number of nitrogens with zero attached hydrogens (tertiary/aromatic N) is 2. The van der Waals surface area contributed by atoms with Crippen molar-refractivity contribution in [3.05, 3.63) is 53.2 Å². The van der Waals surface area contributed by atoms with Crippen molar-refractivity contribution in [2.45, 2.75) is 26.7 Å². The SMILES string of the molecule is CCCN(CCC)C(=O)c1ccnc(Nc2ccccc2Cl)c1. The second-order valence-electron chi connectivity index (χ2n) is 5.33. The summed E-state index contributed by atoms with van der Waals surface area (Å²) in [4.78, 5) is 18.8. The monoisotopic (exact) mass is 331 g/mol. The molecule has 122 valence electrons. The molecule has 2 rings (SSSR count).